The number of ketones is 1. The molecule has 1 aliphatic heterocycles. The van der Waals surface area contributed by atoms with E-state index in [4.69, 9.17) is 0 Å². The molecule has 0 aromatic carbocycles. The van der Waals surface area contributed by atoms with Crippen LogP contribution < -0.4 is 10.6 Å². The lowest BCUT2D eigenvalue weighted by molar-refractivity contribution is -0.126. The van der Waals surface area contributed by atoms with Crippen LogP contribution in [-0.4, -0.2) is 31.5 Å². The Morgan fingerprint density at radius 3 is 2.50 bits per heavy atom. The summed E-state index contributed by atoms with van der Waals surface area (Å²) in [5, 5.41) is 6.58. The predicted octanol–water partition coefficient (Wildman–Crippen LogP) is 0.697. The van der Waals surface area contributed by atoms with Crippen LogP contribution in [0.4, 0.5) is 0 Å². The highest BCUT2D eigenvalue weighted by molar-refractivity contribution is 5.86. The second kappa shape index (κ2) is 4.89. The number of hydrogen-bond donors (Lipinski definition) is 2. The Balaban J connectivity index is 1.85. The fourth-order valence-electron chi connectivity index (χ4n) is 2.53. The molecule has 2 rings (SSSR count). The molecule has 3 nitrogen and oxygen atoms in total. The van der Waals surface area contributed by atoms with Gasteiger partial charge in [-0.2, -0.15) is 0 Å². The first-order chi connectivity index (χ1) is 6.88. The topological polar surface area (TPSA) is 41.1 Å². The summed E-state index contributed by atoms with van der Waals surface area (Å²) in [4.78, 5) is 12.1. The summed E-state index contributed by atoms with van der Waals surface area (Å²) in [5.41, 5.74) is 0. The average Bonchev–Trinajstić information content (AvgIpc) is 2.30. The van der Waals surface area contributed by atoms with Crippen LogP contribution in [0.5, 0.6) is 0 Å². The first-order valence-corrected chi connectivity index (χ1v) is 5.86. The molecule has 0 aromatic heterocycles. The molecule has 3 heteroatoms. The molecule has 2 N–H and O–H groups in total. The van der Waals surface area contributed by atoms with Gasteiger partial charge in [-0.25, -0.2) is 0 Å². The van der Waals surface area contributed by atoms with Crippen molar-refractivity contribution in [2.45, 2.75) is 38.1 Å². The monoisotopic (exact) mass is 196 g/mol. The first-order valence-electron chi connectivity index (χ1n) is 5.86. The maximum atomic E-state index is 12.1. The number of hydrogen-bond acceptors (Lipinski definition) is 3. The quantitative estimate of drug-likeness (QED) is 0.683. The zero-order chi connectivity index (χ0) is 9.80. The van der Waals surface area contributed by atoms with E-state index < -0.39 is 0 Å². The summed E-state index contributed by atoms with van der Waals surface area (Å²) >= 11 is 0. The van der Waals surface area contributed by atoms with Gasteiger partial charge < -0.3 is 10.6 Å². The summed E-state index contributed by atoms with van der Waals surface area (Å²) in [7, 11) is 0. The van der Waals surface area contributed by atoms with Crippen molar-refractivity contribution in [3.05, 3.63) is 0 Å². The summed E-state index contributed by atoms with van der Waals surface area (Å²) in [6.45, 7) is 2.76. The molecule has 0 bridgehead atoms. The van der Waals surface area contributed by atoms with Crippen molar-refractivity contribution in [3.63, 3.8) is 0 Å². The highest BCUT2D eigenvalue weighted by Crippen LogP contribution is 2.25. The SMILES string of the molecule is O=C(C1CCCCC1)C1CNCCN1. The summed E-state index contributed by atoms with van der Waals surface area (Å²) < 4.78 is 0. The predicted molar refractivity (Wildman–Crippen MR) is 56.2 cm³/mol. The van der Waals surface area contributed by atoms with Crippen molar-refractivity contribution in [3.8, 4) is 0 Å². The molecule has 1 saturated heterocycles. The average molecular weight is 196 g/mol. The Kier molecular flexibility index (Phi) is 3.54. The molecule has 14 heavy (non-hydrogen) atoms. The van der Waals surface area contributed by atoms with Crippen molar-refractivity contribution in [2.24, 2.45) is 5.92 Å². The smallest absolute Gasteiger partial charge is 0.154 e. The third-order valence-electron chi connectivity index (χ3n) is 3.39. The molecule has 0 spiro atoms. The van der Waals surface area contributed by atoms with Crippen molar-refractivity contribution < 1.29 is 4.79 Å². The minimum atomic E-state index is 0.0897. The lowest BCUT2D eigenvalue weighted by Gasteiger charge is -2.28. The van der Waals surface area contributed by atoms with E-state index in [9.17, 15) is 4.79 Å². The van der Waals surface area contributed by atoms with Gasteiger partial charge in [0.25, 0.3) is 0 Å². The standard InChI is InChI=1S/C11H20N2O/c14-11(9-4-2-1-3-5-9)10-8-12-6-7-13-10/h9-10,12-13H,1-8H2. The van der Waals surface area contributed by atoms with Crippen LogP contribution in [0.2, 0.25) is 0 Å². The van der Waals surface area contributed by atoms with Crippen LogP contribution in [0.15, 0.2) is 0 Å². The molecule has 1 unspecified atom stereocenters. The van der Waals surface area contributed by atoms with Crippen molar-refractivity contribution in [2.75, 3.05) is 19.6 Å². The van der Waals surface area contributed by atoms with E-state index in [2.05, 4.69) is 10.6 Å². The van der Waals surface area contributed by atoms with Gasteiger partial charge in [-0.1, -0.05) is 19.3 Å². The van der Waals surface area contributed by atoms with Gasteiger partial charge in [0, 0.05) is 25.6 Å². The Morgan fingerprint density at radius 2 is 1.86 bits per heavy atom. The van der Waals surface area contributed by atoms with Gasteiger partial charge in [0.2, 0.25) is 0 Å². The summed E-state index contributed by atoms with van der Waals surface area (Å²) in [5.74, 6) is 0.804. The maximum absolute atomic E-state index is 12.1. The largest absolute Gasteiger partial charge is 0.313 e. The number of Topliss-reactive ketones (excluding diaryl/α,β-unsaturated/α-hetero) is 1. The minimum Gasteiger partial charge on any atom is -0.313 e. The Morgan fingerprint density at radius 1 is 1.07 bits per heavy atom. The van der Waals surface area contributed by atoms with Crippen molar-refractivity contribution >= 4 is 5.78 Å². The van der Waals surface area contributed by atoms with E-state index in [1.165, 1.54) is 19.3 Å². The normalized spacial score (nSPS) is 30.1. The highest BCUT2D eigenvalue weighted by Gasteiger charge is 2.28. The molecule has 2 aliphatic rings. The molecule has 1 aliphatic carbocycles. The van der Waals surface area contributed by atoms with Crippen LogP contribution in [-0.2, 0) is 4.79 Å². The van der Waals surface area contributed by atoms with E-state index in [1.54, 1.807) is 0 Å². The Bertz CT molecular complexity index is 173. The lowest BCUT2D eigenvalue weighted by atomic mass is 9.83. The molecule has 0 radical (unpaired) electrons. The van der Waals surface area contributed by atoms with E-state index in [0.29, 0.717) is 11.7 Å². The zero-order valence-electron chi connectivity index (χ0n) is 8.72. The van der Waals surface area contributed by atoms with Crippen LogP contribution in [0.25, 0.3) is 0 Å². The minimum absolute atomic E-state index is 0.0897. The number of carbonyl (C=O) groups excluding carboxylic acids is 1. The van der Waals surface area contributed by atoms with Crippen LogP contribution in [0, 0.1) is 5.92 Å². The second-order valence-electron chi connectivity index (χ2n) is 4.45. The van der Waals surface area contributed by atoms with E-state index >= 15 is 0 Å². The van der Waals surface area contributed by atoms with Crippen LogP contribution in [0.1, 0.15) is 32.1 Å². The van der Waals surface area contributed by atoms with Gasteiger partial charge in [-0.15, -0.1) is 0 Å². The fourth-order valence-corrected chi connectivity index (χ4v) is 2.53. The van der Waals surface area contributed by atoms with Gasteiger partial charge in [-0.05, 0) is 12.8 Å². The molecular formula is C11H20N2O. The van der Waals surface area contributed by atoms with Crippen LogP contribution >= 0.6 is 0 Å². The molecule has 80 valence electrons. The van der Waals surface area contributed by atoms with Crippen LogP contribution in [0.3, 0.4) is 0 Å². The number of carbonyl (C=O) groups is 1. The Labute approximate surface area is 85.6 Å². The molecule has 0 aromatic rings. The summed E-state index contributed by atoms with van der Waals surface area (Å²) in [6, 6.07) is 0.0897. The van der Waals surface area contributed by atoms with Crippen molar-refractivity contribution in [1.29, 1.82) is 0 Å². The maximum Gasteiger partial charge on any atom is 0.154 e. The van der Waals surface area contributed by atoms with Crippen molar-refractivity contribution in [1.82, 2.24) is 10.6 Å². The molecule has 1 atom stereocenters. The van der Waals surface area contributed by atoms with E-state index in [1.807, 2.05) is 0 Å². The van der Waals surface area contributed by atoms with E-state index in [0.717, 1.165) is 32.5 Å². The second-order valence-corrected chi connectivity index (χ2v) is 4.45. The van der Waals surface area contributed by atoms with Gasteiger partial charge in [0.05, 0.1) is 6.04 Å². The number of rotatable bonds is 2. The Hall–Kier alpha value is -0.410. The fraction of sp³-hybridized carbons (Fsp3) is 0.909. The van der Waals surface area contributed by atoms with Gasteiger partial charge >= 0.3 is 0 Å². The molecule has 2 fully saturated rings. The highest BCUT2D eigenvalue weighted by atomic mass is 16.1. The summed E-state index contributed by atoms with van der Waals surface area (Å²) in [6.07, 6.45) is 6.06. The van der Waals surface area contributed by atoms with Gasteiger partial charge in [0.15, 0.2) is 5.78 Å². The molecule has 1 saturated carbocycles. The zero-order valence-corrected chi connectivity index (χ0v) is 8.72. The van der Waals surface area contributed by atoms with Gasteiger partial charge in [-0.3, -0.25) is 4.79 Å². The van der Waals surface area contributed by atoms with Gasteiger partial charge in [0.1, 0.15) is 0 Å². The lowest BCUT2D eigenvalue weighted by Crippen LogP contribution is -2.54. The number of nitrogens with one attached hydrogen (secondary N) is 2. The molecule has 0 amide bonds. The third-order valence-corrected chi connectivity index (χ3v) is 3.39. The van der Waals surface area contributed by atoms with E-state index in [-0.39, 0.29) is 6.04 Å². The molecule has 1 heterocycles. The molecular weight excluding hydrogens is 176 g/mol. The third kappa shape index (κ3) is 2.34. The number of piperazine rings is 1. The first kappa shape index (κ1) is 10.1.